The van der Waals surface area contributed by atoms with E-state index in [1.165, 1.54) is 12.5 Å². The molecular weight excluding hydrogens is 424 g/mol. The lowest BCUT2D eigenvalue weighted by molar-refractivity contribution is -0.143. The summed E-state index contributed by atoms with van der Waals surface area (Å²) in [5.41, 5.74) is 16.6. The summed E-state index contributed by atoms with van der Waals surface area (Å²) in [6.45, 7) is 0.0402. The molecule has 0 spiro atoms. The number of nitrogens with two attached hydrogens (primary N) is 3. The Balaban J connectivity index is 2.72. The third-order valence-electron chi connectivity index (χ3n) is 4.38. The number of carboxylic acid groups (broad SMARTS) is 1. The predicted octanol–water partition coefficient (Wildman–Crippen LogP) is -3.55. The fourth-order valence-corrected chi connectivity index (χ4v) is 2.68. The maximum atomic E-state index is 12.6. The number of carboxylic acids is 1. The van der Waals surface area contributed by atoms with E-state index in [-0.39, 0.29) is 6.42 Å². The number of carbonyl (C=O) groups is 5. The van der Waals surface area contributed by atoms with E-state index in [4.69, 9.17) is 17.2 Å². The minimum Gasteiger partial charge on any atom is -0.480 e. The molecule has 0 aliphatic heterocycles. The van der Waals surface area contributed by atoms with E-state index in [2.05, 4.69) is 25.9 Å². The van der Waals surface area contributed by atoms with E-state index >= 15 is 0 Å². The van der Waals surface area contributed by atoms with Gasteiger partial charge in [-0.15, -0.1) is 0 Å². The van der Waals surface area contributed by atoms with Gasteiger partial charge in [0.25, 0.3) is 0 Å². The normalized spacial score (nSPS) is 13.4. The van der Waals surface area contributed by atoms with Gasteiger partial charge in [-0.3, -0.25) is 19.2 Å². The third kappa shape index (κ3) is 9.99. The molecule has 1 heterocycles. The zero-order valence-corrected chi connectivity index (χ0v) is 17.5. The standard InChI is InChI=1S/C18H30N8O6/c19-4-2-1-3-11(20)16(29)23-8-15(28)25-12(5-10-7-22-9-24-10)17(30)26-13(18(31)32)6-14(21)27/h7,9,11-13H,1-6,8,19-20H2,(H2,21,27)(H,22,24)(H,23,29)(H,25,28)(H,26,30)(H,31,32). The summed E-state index contributed by atoms with van der Waals surface area (Å²) in [6, 6.07) is -3.58. The van der Waals surface area contributed by atoms with Crippen molar-refractivity contribution >= 4 is 29.6 Å². The second-order valence-electron chi connectivity index (χ2n) is 7.08. The lowest BCUT2D eigenvalue weighted by Crippen LogP contribution is -2.55. The number of hydrogen-bond acceptors (Lipinski definition) is 8. The lowest BCUT2D eigenvalue weighted by atomic mass is 10.1. The minimum atomic E-state index is -1.56. The van der Waals surface area contributed by atoms with E-state index in [0.29, 0.717) is 25.1 Å². The second kappa shape index (κ2) is 13.7. The molecule has 3 unspecified atom stereocenters. The zero-order valence-electron chi connectivity index (χ0n) is 17.5. The molecular formula is C18H30N8O6. The van der Waals surface area contributed by atoms with Gasteiger partial charge < -0.3 is 43.2 Å². The Hall–Kier alpha value is -3.52. The molecule has 178 valence electrons. The molecule has 14 heteroatoms. The van der Waals surface area contributed by atoms with Crippen molar-refractivity contribution in [2.24, 2.45) is 17.2 Å². The van der Waals surface area contributed by atoms with Crippen LogP contribution >= 0.6 is 0 Å². The highest BCUT2D eigenvalue weighted by Crippen LogP contribution is 2.02. The van der Waals surface area contributed by atoms with Gasteiger partial charge in [0.15, 0.2) is 0 Å². The topological polar surface area (TPSA) is 248 Å². The fourth-order valence-electron chi connectivity index (χ4n) is 2.68. The molecule has 0 saturated heterocycles. The number of H-pyrrole nitrogens is 1. The highest BCUT2D eigenvalue weighted by molar-refractivity contribution is 5.93. The molecule has 1 aromatic rings. The number of amides is 4. The molecule has 4 amide bonds. The molecule has 0 aromatic carbocycles. The van der Waals surface area contributed by atoms with Crippen LogP contribution in [0.4, 0.5) is 0 Å². The molecule has 1 aromatic heterocycles. The maximum absolute atomic E-state index is 12.6. The number of nitrogens with zero attached hydrogens (tertiary/aromatic N) is 1. The molecule has 0 saturated carbocycles. The minimum absolute atomic E-state index is 0.0486. The van der Waals surface area contributed by atoms with Crippen LogP contribution in [-0.4, -0.2) is 75.9 Å². The molecule has 1 rings (SSSR count). The molecule has 0 aliphatic carbocycles. The third-order valence-corrected chi connectivity index (χ3v) is 4.38. The van der Waals surface area contributed by atoms with Gasteiger partial charge in [0.05, 0.1) is 25.3 Å². The van der Waals surface area contributed by atoms with Crippen molar-refractivity contribution in [3.63, 3.8) is 0 Å². The Labute approximate surface area is 184 Å². The summed E-state index contributed by atoms with van der Waals surface area (Å²) in [6.07, 6.45) is 3.92. The largest absolute Gasteiger partial charge is 0.480 e. The Kier molecular flexibility index (Phi) is 11.4. The quantitative estimate of drug-likeness (QED) is 0.122. The number of aromatic nitrogens is 2. The SMILES string of the molecule is NCCCCC(N)C(=O)NCC(=O)NC(Cc1cnc[nH]1)C(=O)NC(CC(N)=O)C(=O)O. The van der Waals surface area contributed by atoms with Gasteiger partial charge in [0.1, 0.15) is 12.1 Å². The molecule has 0 radical (unpaired) electrons. The van der Waals surface area contributed by atoms with E-state index < -0.39 is 60.7 Å². The van der Waals surface area contributed by atoms with Gasteiger partial charge in [-0.1, -0.05) is 6.42 Å². The van der Waals surface area contributed by atoms with Crippen molar-refractivity contribution in [2.45, 2.75) is 50.2 Å². The Morgan fingerprint density at radius 2 is 1.81 bits per heavy atom. The van der Waals surface area contributed by atoms with Crippen LogP contribution in [0.1, 0.15) is 31.4 Å². The lowest BCUT2D eigenvalue weighted by Gasteiger charge is -2.21. The number of imidazole rings is 1. The van der Waals surface area contributed by atoms with Crippen molar-refractivity contribution in [3.8, 4) is 0 Å². The van der Waals surface area contributed by atoms with Gasteiger partial charge >= 0.3 is 5.97 Å². The predicted molar refractivity (Wildman–Crippen MR) is 111 cm³/mol. The van der Waals surface area contributed by atoms with E-state index in [9.17, 15) is 29.1 Å². The number of primary amides is 1. The van der Waals surface area contributed by atoms with E-state index in [1.807, 2.05) is 0 Å². The molecule has 3 atom stereocenters. The van der Waals surface area contributed by atoms with Gasteiger partial charge in [0, 0.05) is 18.3 Å². The number of aromatic amines is 1. The Morgan fingerprint density at radius 3 is 2.38 bits per heavy atom. The number of unbranched alkanes of at least 4 members (excludes halogenated alkanes) is 1. The van der Waals surface area contributed by atoms with Gasteiger partial charge in [-0.2, -0.15) is 0 Å². The first-order valence-electron chi connectivity index (χ1n) is 9.95. The van der Waals surface area contributed by atoms with Crippen LogP contribution in [0.15, 0.2) is 12.5 Å². The van der Waals surface area contributed by atoms with Crippen LogP contribution < -0.4 is 33.2 Å². The molecule has 14 nitrogen and oxygen atoms in total. The van der Waals surface area contributed by atoms with Crippen molar-refractivity contribution in [1.29, 1.82) is 0 Å². The van der Waals surface area contributed by atoms with E-state index in [0.717, 1.165) is 6.42 Å². The van der Waals surface area contributed by atoms with Gasteiger partial charge in [-0.05, 0) is 19.4 Å². The summed E-state index contributed by atoms with van der Waals surface area (Å²) in [4.78, 5) is 65.8. The van der Waals surface area contributed by atoms with Crippen LogP contribution in [0, 0.1) is 0 Å². The number of carbonyl (C=O) groups excluding carboxylic acids is 4. The first-order valence-corrected chi connectivity index (χ1v) is 9.95. The van der Waals surface area contributed by atoms with Crippen molar-refractivity contribution < 1.29 is 29.1 Å². The van der Waals surface area contributed by atoms with E-state index in [1.54, 1.807) is 0 Å². The smallest absolute Gasteiger partial charge is 0.326 e. The average Bonchev–Trinajstić information content (AvgIpc) is 3.23. The highest BCUT2D eigenvalue weighted by Gasteiger charge is 2.28. The average molecular weight is 454 g/mol. The van der Waals surface area contributed by atoms with Crippen molar-refractivity contribution in [1.82, 2.24) is 25.9 Å². The second-order valence-corrected chi connectivity index (χ2v) is 7.08. The number of rotatable bonds is 15. The van der Waals surface area contributed by atoms with Crippen LogP contribution in [0.25, 0.3) is 0 Å². The summed E-state index contributed by atoms with van der Waals surface area (Å²) in [7, 11) is 0. The van der Waals surface area contributed by atoms with Gasteiger partial charge in [-0.25, -0.2) is 9.78 Å². The number of nitrogens with one attached hydrogen (secondary N) is 4. The van der Waals surface area contributed by atoms with Crippen LogP contribution in [0.3, 0.4) is 0 Å². The first-order chi connectivity index (χ1) is 15.1. The summed E-state index contributed by atoms with van der Waals surface area (Å²) in [5.74, 6) is -4.46. The van der Waals surface area contributed by atoms with Crippen LogP contribution in [0.5, 0.6) is 0 Å². The Bertz CT molecular complexity index is 784. The van der Waals surface area contributed by atoms with Gasteiger partial charge in [0.2, 0.25) is 23.6 Å². The highest BCUT2D eigenvalue weighted by atomic mass is 16.4. The Morgan fingerprint density at radius 1 is 1.09 bits per heavy atom. The van der Waals surface area contributed by atoms with Crippen LogP contribution in [-0.2, 0) is 30.4 Å². The molecule has 0 fully saturated rings. The molecule has 32 heavy (non-hydrogen) atoms. The first kappa shape index (κ1) is 26.5. The summed E-state index contributed by atoms with van der Waals surface area (Å²) in [5, 5.41) is 16.1. The fraction of sp³-hybridized carbons (Fsp3) is 0.556. The molecule has 0 bridgehead atoms. The molecule has 11 N–H and O–H groups in total. The molecule has 0 aliphatic rings. The number of hydrogen-bond donors (Lipinski definition) is 8. The summed E-state index contributed by atoms with van der Waals surface area (Å²) < 4.78 is 0. The van der Waals surface area contributed by atoms with Crippen molar-refractivity contribution in [2.75, 3.05) is 13.1 Å². The summed E-state index contributed by atoms with van der Waals surface area (Å²) >= 11 is 0. The van der Waals surface area contributed by atoms with Crippen molar-refractivity contribution in [3.05, 3.63) is 18.2 Å². The zero-order chi connectivity index (χ0) is 24.1. The maximum Gasteiger partial charge on any atom is 0.326 e. The monoisotopic (exact) mass is 454 g/mol. The van der Waals surface area contributed by atoms with Crippen LogP contribution in [0.2, 0.25) is 0 Å². The number of aliphatic carboxylic acids is 1.